The highest BCUT2D eigenvalue weighted by atomic mass is 19.1. The minimum Gasteiger partial charge on any atom is -0.353 e. The molecule has 0 spiro atoms. The van der Waals surface area contributed by atoms with E-state index >= 15 is 0 Å². The van der Waals surface area contributed by atoms with Gasteiger partial charge in [0.05, 0.1) is 0 Å². The molecular weight excluding hydrogens is 393 g/mol. The summed E-state index contributed by atoms with van der Waals surface area (Å²) in [5.41, 5.74) is 0.827. The first kappa shape index (κ1) is 22.3. The van der Waals surface area contributed by atoms with Crippen LogP contribution in [0.5, 0.6) is 0 Å². The molecule has 3 fully saturated rings. The van der Waals surface area contributed by atoms with Gasteiger partial charge in [-0.25, -0.2) is 4.39 Å². The number of halogens is 1. The Morgan fingerprint density at radius 2 is 1.84 bits per heavy atom. The van der Waals surface area contributed by atoms with Crippen molar-refractivity contribution in [1.29, 1.82) is 0 Å². The third kappa shape index (κ3) is 5.46. The monoisotopic (exact) mass is 429 g/mol. The Morgan fingerprint density at radius 3 is 2.52 bits per heavy atom. The summed E-state index contributed by atoms with van der Waals surface area (Å²) in [4.78, 5) is 28.3. The molecule has 3 aliphatic rings. The molecule has 2 aliphatic heterocycles. The fourth-order valence-electron chi connectivity index (χ4n) is 5.79. The number of hydrogen-bond acceptors (Lipinski definition) is 3. The molecule has 2 amide bonds. The Morgan fingerprint density at radius 1 is 1.10 bits per heavy atom. The normalized spacial score (nSPS) is 22.2. The molecule has 1 saturated carbocycles. The molecule has 5 nitrogen and oxygen atoms in total. The third-order valence-corrected chi connectivity index (χ3v) is 7.49. The van der Waals surface area contributed by atoms with E-state index in [1.807, 2.05) is 17.0 Å². The van der Waals surface area contributed by atoms with Gasteiger partial charge in [-0.3, -0.25) is 9.59 Å². The molecule has 0 radical (unpaired) electrons. The molecule has 2 heterocycles. The Bertz CT molecular complexity index is 770. The maximum absolute atomic E-state index is 14.6. The van der Waals surface area contributed by atoms with E-state index in [0.29, 0.717) is 19.4 Å². The second-order valence-corrected chi connectivity index (χ2v) is 9.67. The molecule has 4 rings (SSSR count). The molecule has 170 valence electrons. The highest BCUT2D eigenvalue weighted by molar-refractivity contribution is 5.78. The molecule has 0 bridgehead atoms. The maximum Gasteiger partial charge on any atom is 0.222 e. The molecule has 0 unspecified atom stereocenters. The molecule has 0 atom stereocenters. The van der Waals surface area contributed by atoms with Gasteiger partial charge in [-0.1, -0.05) is 31.0 Å². The topological polar surface area (TPSA) is 52.7 Å². The van der Waals surface area contributed by atoms with Crippen LogP contribution in [0.4, 0.5) is 4.39 Å². The molecule has 1 aromatic carbocycles. The SMILES string of the molecule is O=C(CCCN1CCCC1=O)NC1CCN(CC2(c3ccccc3F)CCCC2)CC1. The van der Waals surface area contributed by atoms with Crippen LogP contribution in [-0.2, 0) is 15.0 Å². The summed E-state index contributed by atoms with van der Waals surface area (Å²) in [6, 6.07) is 7.53. The maximum atomic E-state index is 14.6. The summed E-state index contributed by atoms with van der Waals surface area (Å²) in [6.45, 7) is 4.35. The molecule has 1 N–H and O–H groups in total. The molecule has 31 heavy (non-hydrogen) atoms. The molecule has 1 aliphatic carbocycles. The molecule has 1 aromatic rings. The van der Waals surface area contributed by atoms with Crippen LogP contribution < -0.4 is 5.32 Å². The zero-order valence-electron chi connectivity index (χ0n) is 18.6. The van der Waals surface area contributed by atoms with Crippen LogP contribution in [0.2, 0.25) is 0 Å². The first-order chi connectivity index (χ1) is 15.1. The standard InChI is InChI=1S/C25H36FN3O2/c26-22-8-2-1-7-21(22)25(13-3-4-14-25)19-28-17-11-20(12-18-28)27-23(30)9-5-15-29-16-6-10-24(29)31/h1-2,7-8,20H,3-6,9-19H2,(H,27,30). The van der Waals surface area contributed by atoms with Gasteiger partial charge in [0.25, 0.3) is 0 Å². The van der Waals surface area contributed by atoms with Gasteiger partial charge in [0.2, 0.25) is 11.8 Å². The van der Waals surface area contributed by atoms with Crippen LogP contribution in [-0.4, -0.2) is 60.4 Å². The van der Waals surface area contributed by atoms with Gasteiger partial charge in [-0.15, -0.1) is 0 Å². The number of nitrogens with one attached hydrogen (secondary N) is 1. The second-order valence-electron chi connectivity index (χ2n) is 9.67. The number of carbonyl (C=O) groups excluding carboxylic acids is 2. The van der Waals surface area contributed by atoms with Crippen molar-refractivity contribution in [3.05, 3.63) is 35.6 Å². The van der Waals surface area contributed by atoms with Gasteiger partial charge in [-0.2, -0.15) is 0 Å². The van der Waals surface area contributed by atoms with E-state index < -0.39 is 0 Å². The van der Waals surface area contributed by atoms with Crippen molar-refractivity contribution in [2.45, 2.75) is 75.7 Å². The van der Waals surface area contributed by atoms with Gasteiger partial charge in [0.15, 0.2) is 0 Å². The van der Waals surface area contributed by atoms with Crippen molar-refractivity contribution < 1.29 is 14.0 Å². The van der Waals surface area contributed by atoms with Crippen LogP contribution in [0, 0.1) is 5.82 Å². The molecular formula is C25H36FN3O2. The average molecular weight is 430 g/mol. The Labute approximate surface area is 185 Å². The largest absolute Gasteiger partial charge is 0.353 e. The highest BCUT2D eigenvalue weighted by Gasteiger charge is 2.39. The smallest absolute Gasteiger partial charge is 0.222 e. The van der Waals surface area contributed by atoms with E-state index in [2.05, 4.69) is 10.2 Å². The van der Waals surface area contributed by atoms with E-state index in [0.717, 1.165) is 70.3 Å². The minimum atomic E-state index is -0.0674. The molecule has 2 saturated heterocycles. The Kier molecular flexibility index (Phi) is 7.26. The summed E-state index contributed by atoms with van der Waals surface area (Å²) in [5, 5.41) is 3.19. The van der Waals surface area contributed by atoms with E-state index in [4.69, 9.17) is 0 Å². The lowest BCUT2D eigenvalue weighted by Crippen LogP contribution is -2.48. The van der Waals surface area contributed by atoms with Crippen LogP contribution >= 0.6 is 0 Å². The second kappa shape index (κ2) is 10.1. The van der Waals surface area contributed by atoms with Gasteiger partial charge in [0.1, 0.15) is 5.82 Å². The average Bonchev–Trinajstić information content (AvgIpc) is 3.40. The highest BCUT2D eigenvalue weighted by Crippen LogP contribution is 2.43. The van der Waals surface area contributed by atoms with Crippen LogP contribution in [0.25, 0.3) is 0 Å². The van der Waals surface area contributed by atoms with Crippen LogP contribution in [0.15, 0.2) is 24.3 Å². The van der Waals surface area contributed by atoms with Crippen molar-refractivity contribution in [3.8, 4) is 0 Å². The van der Waals surface area contributed by atoms with Crippen LogP contribution in [0.3, 0.4) is 0 Å². The number of benzene rings is 1. The summed E-state index contributed by atoms with van der Waals surface area (Å²) < 4.78 is 14.6. The number of carbonyl (C=O) groups is 2. The predicted octanol–water partition coefficient (Wildman–Crippen LogP) is 3.62. The quantitative estimate of drug-likeness (QED) is 0.687. The Balaban J connectivity index is 1.21. The number of hydrogen-bond donors (Lipinski definition) is 1. The fourth-order valence-corrected chi connectivity index (χ4v) is 5.79. The number of likely N-dealkylation sites (tertiary alicyclic amines) is 2. The zero-order chi connectivity index (χ0) is 21.7. The third-order valence-electron chi connectivity index (χ3n) is 7.49. The Hall–Kier alpha value is -1.95. The molecule has 0 aromatic heterocycles. The lowest BCUT2D eigenvalue weighted by atomic mass is 9.77. The first-order valence-corrected chi connectivity index (χ1v) is 12.1. The molecule has 6 heteroatoms. The lowest BCUT2D eigenvalue weighted by molar-refractivity contribution is -0.128. The number of piperidine rings is 1. The van der Waals surface area contributed by atoms with E-state index in [1.54, 1.807) is 12.1 Å². The van der Waals surface area contributed by atoms with E-state index in [9.17, 15) is 14.0 Å². The van der Waals surface area contributed by atoms with Gasteiger partial charge < -0.3 is 15.1 Å². The van der Waals surface area contributed by atoms with Gasteiger partial charge in [-0.05, 0) is 50.2 Å². The van der Waals surface area contributed by atoms with E-state index in [-0.39, 0.29) is 29.1 Å². The van der Waals surface area contributed by atoms with Crippen molar-refractivity contribution in [2.75, 3.05) is 32.7 Å². The summed E-state index contributed by atoms with van der Waals surface area (Å²) >= 11 is 0. The van der Waals surface area contributed by atoms with Crippen LogP contribution in [0.1, 0.15) is 69.8 Å². The number of amides is 2. The number of rotatable bonds is 8. The summed E-state index contributed by atoms with van der Waals surface area (Å²) in [6.07, 6.45) is 9.18. The van der Waals surface area contributed by atoms with Crippen molar-refractivity contribution in [1.82, 2.24) is 15.1 Å². The van der Waals surface area contributed by atoms with Gasteiger partial charge in [0, 0.05) is 57.0 Å². The fraction of sp³-hybridized carbons (Fsp3) is 0.680. The summed E-state index contributed by atoms with van der Waals surface area (Å²) in [5.74, 6) is 0.258. The van der Waals surface area contributed by atoms with Crippen molar-refractivity contribution in [2.24, 2.45) is 0 Å². The van der Waals surface area contributed by atoms with Crippen molar-refractivity contribution >= 4 is 11.8 Å². The van der Waals surface area contributed by atoms with E-state index in [1.165, 1.54) is 12.8 Å². The van der Waals surface area contributed by atoms with Gasteiger partial charge >= 0.3 is 0 Å². The lowest BCUT2D eigenvalue weighted by Gasteiger charge is -2.39. The zero-order valence-corrected chi connectivity index (χ0v) is 18.6. The minimum absolute atomic E-state index is 0.0611. The summed E-state index contributed by atoms with van der Waals surface area (Å²) in [7, 11) is 0. The van der Waals surface area contributed by atoms with Crippen molar-refractivity contribution in [3.63, 3.8) is 0 Å². The predicted molar refractivity (Wildman–Crippen MR) is 119 cm³/mol. The first-order valence-electron chi connectivity index (χ1n) is 12.1. The number of nitrogens with zero attached hydrogens (tertiary/aromatic N) is 2.